The summed E-state index contributed by atoms with van der Waals surface area (Å²) in [6.07, 6.45) is 2.23. The van der Waals surface area contributed by atoms with Crippen LogP contribution in [0.25, 0.3) is 0 Å². The van der Waals surface area contributed by atoms with Crippen molar-refractivity contribution in [1.82, 2.24) is 0 Å². The molecule has 1 N–H and O–H groups in total. The molecule has 1 aromatic carbocycles. The fourth-order valence-electron chi connectivity index (χ4n) is 2.12. The van der Waals surface area contributed by atoms with Gasteiger partial charge in [-0.25, -0.2) is 0 Å². The lowest BCUT2D eigenvalue weighted by atomic mass is 9.95. The fraction of sp³-hybridized carbons (Fsp3) is 0.500. The Kier molecular flexibility index (Phi) is 4.04. The van der Waals surface area contributed by atoms with Crippen molar-refractivity contribution in [2.24, 2.45) is 0 Å². The van der Waals surface area contributed by atoms with Crippen molar-refractivity contribution in [2.75, 3.05) is 0 Å². The van der Waals surface area contributed by atoms with E-state index in [1.54, 1.807) is 6.07 Å². The molecule has 0 aromatic heterocycles. The highest BCUT2D eigenvalue weighted by Gasteiger charge is 2.28. The molecule has 1 aromatic rings. The highest BCUT2D eigenvalue weighted by molar-refractivity contribution is 6.32. The molecule has 18 heavy (non-hydrogen) atoms. The summed E-state index contributed by atoms with van der Waals surface area (Å²) in [6.45, 7) is 0. The lowest BCUT2D eigenvalue weighted by Crippen LogP contribution is -2.34. The Labute approximate surface area is 109 Å². The monoisotopic (exact) mass is 271 g/mol. The quantitative estimate of drug-likeness (QED) is 0.678. The fourth-order valence-corrected chi connectivity index (χ4v) is 2.34. The third-order valence-corrected chi connectivity index (χ3v) is 3.38. The first-order valence-corrected chi connectivity index (χ1v) is 6.25. The average molecular weight is 272 g/mol. The van der Waals surface area contributed by atoms with Crippen LogP contribution >= 0.6 is 11.6 Å². The molecule has 2 atom stereocenters. The third-order valence-electron chi connectivity index (χ3n) is 3.08. The molecule has 0 radical (unpaired) electrons. The average Bonchev–Trinajstić information content (AvgIpc) is 2.34. The van der Waals surface area contributed by atoms with E-state index in [2.05, 4.69) is 0 Å². The number of hydrogen-bond acceptors (Lipinski definition) is 4. The van der Waals surface area contributed by atoms with E-state index in [1.165, 1.54) is 12.1 Å². The minimum atomic E-state index is -0.588. The molecule has 1 fully saturated rings. The minimum absolute atomic E-state index is 0.0510. The van der Waals surface area contributed by atoms with Gasteiger partial charge in [-0.2, -0.15) is 0 Å². The number of nitro benzene ring substituents is 1. The van der Waals surface area contributed by atoms with Crippen molar-refractivity contribution in [1.29, 1.82) is 0 Å². The molecule has 0 amide bonds. The molecule has 1 saturated carbocycles. The van der Waals surface area contributed by atoms with E-state index in [0.29, 0.717) is 12.8 Å². The van der Waals surface area contributed by atoms with Crippen LogP contribution in [0.15, 0.2) is 18.2 Å². The summed E-state index contributed by atoms with van der Waals surface area (Å²) in [6, 6.07) is 4.39. The summed E-state index contributed by atoms with van der Waals surface area (Å²) in [5.74, 6) is 0.0510. The summed E-state index contributed by atoms with van der Waals surface area (Å²) in [4.78, 5) is 10.4. The number of ether oxygens (including phenoxy) is 1. The highest BCUT2D eigenvalue weighted by Crippen LogP contribution is 2.36. The number of nitro groups is 1. The number of para-hydroxylation sites is 1. The summed E-state index contributed by atoms with van der Waals surface area (Å²) >= 11 is 5.93. The van der Waals surface area contributed by atoms with Gasteiger partial charge in [-0.15, -0.1) is 0 Å². The van der Waals surface area contributed by atoms with E-state index in [4.69, 9.17) is 16.3 Å². The van der Waals surface area contributed by atoms with Crippen molar-refractivity contribution in [3.63, 3.8) is 0 Å². The molecule has 0 aliphatic heterocycles. The van der Waals surface area contributed by atoms with Gasteiger partial charge in [0.05, 0.1) is 16.0 Å². The van der Waals surface area contributed by atoms with E-state index >= 15 is 0 Å². The number of rotatable bonds is 3. The molecular formula is C12H14ClNO4. The normalized spacial score (nSPS) is 23.7. The van der Waals surface area contributed by atoms with Crippen LogP contribution in [0.2, 0.25) is 5.02 Å². The van der Waals surface area contributed by atoms with E-state index in [9.17, 15) is 15.2 Å². The van der Waals surface area contributed by atoms with Gasteiger partial charge in [-0.05, 0) is 25.3 Å². The molecule has 98 valence electrons. The predicted molar refractivity (Wildman–Crippen MR) is 67.0 cm³/mol. The first-order chi connectivity index (χ1) is 8.59. The lowest BCUT2D eigenvalue weighted by molar-refractivity contribution is -0.386. The Morgan fingerprint density at radius 3 is 2.78 bits per heavy atom. The maximum absolute atomic E-state index is 10.9. The number of hydrogen-bond donors (Lipinski definition) is 1. The van der Waals surface area contributed by atoms with Crippen molar-refractivity contribution < 1.29 is 14.8 Å². The van der Waals surface area contributed by atoms with Gasteiger partial charge in [0.1, 0.15) is 6.10 Å². The smallest absolute Gasteiger partial charge is 0.312 e. The number of benzene rings is 1. The molecule has 0 unspecified atom stereocenters. The molecule has 1 aliphatic carbocycles. The van der Waals surface area contributed by atoms with Crippen LogP contribution in [0.4, 0.5) is 5.69 Å². The van der Waals surface area contributed by atoms with E-state index in [0.717, 1.165) is 12.8 Å². The topological polar surface area (TPSA) is 72.6 Å². The predicted octanol–water partition coefficient (Wildman–Crippen LogP) is 2.93. The first kappa shape index (κ1) is 13.1. The van der Waals surface area contributed by atoms with E-state index in [-0.39, 0.29) is 16.5 Å². The zero-order chi connectivity index (χ0) is 13.1. The summed E-state index contributed by atoms with van der Waals surface area (Å²) in [5, 5.41) is 20.9. The molecule has 5 nitrogen and oxygen atoms in total. The molecule has 2 rings (SSSR count). The van der Waals surface area contributed by atoms with Gasteiger partial charge in [0.25, 0.3) is 0 Å². The first-order valence-electron chi connectivity index (χ1n) is 5.87. The largest absolute Gasteiger partial charge is 0.480 e. The number of halogens is 1. The second-order valence-corrected chi connectivity index (χ2v) is 4.76. The van der Waals surface area contributed by atoms with Crippen LogP contribution in [0.3, 0.4) is 0 Å². The molecule has 0 spiro atoms. The van der Waals surface area contributed by atoms with Gasteiger partial charge in [0.2, 0.25) is 5.75 Å². The van der Waals surface area contributed by atoms with E-state index < -0.39 is 17.1 Å². The Balaban J connectivity index is 2.24. The third kappa shape index (κ3) is 2.73. The Morgan fingerprint density at radius 1 is 1.39 bits per heavy atom. The zero-order valence-corrected chi connectivity index (χ0v) is 10.5. The van der Waals surface area contributed by atoms with Crippen molar-refractivity contribution in [3.8, 4) is 5.75 Å². The van der Waals surface area contributed by atoms with Crippen LogP contribution in [-0.2, 0) is 0 Å². The van der Waals surface area contributed by atoms with Gasteiger partial charge >= 0.3 is 5.69 Å². The second-order valence-electron chi connectivity index (χ2n) is 4.35. The van der Waals surface area contributed by atoms with Gasteiger partial charge in [0, 0.05) is 6.07 Å². The molecule has 6 heteroatoms. The lowest BCUT2D eigenvalue weighted by Gasteiger charge is -2.28. The van der Waals surface area contributed by atoms with Crippen LogP contribution in [-0.4, -0.2) is 22.2 Å². The maximum Gasteiger partial charge on any atom is 0.312 e. The molecule has 1 aliphatic rings. The van der Waals surface area contributed by atoms with Gasteiger partial charge < -0.3 is 9.84 Å². The number of aliphatic hydroxyl groups is 1. The highest BCUT2D eigenvalue weighted by atomic mass is 35.5. The SMILES string of the molecule is O=[N+]([O-])c1cccc(Cl)c1O[C@@H]1CCCC[C@H]1O. The Morgan fingerprint density at radius 2 is 2.11 bits per heavy atom. The maximum atomic E-state index is 10.9. The Hall–Kier alpha value is -1.33. The van der Waals surface area contributed by atoms with Gasteiger partial charge in [0.15, 0.2) is 0 Å². The summed E-state index contributed by atoms with van der Waals surface area (Å²) in [5.41, 5.74) is -0.166. The molecule has 0 saturated heterocycles. The van der Waals surface area contributed by atoms with E-state index in [1.807, 2.05) is 0 Å². The van der Waals surface area contributed by atoms with Crippen molar-refractivity contribution >= 4 is 17.3 Å². The number of nitrogens with zero attached hydrogens (tertiary/aromatic N) is 1. The van der Waals surface area contributed by atoms with Crippen molar-refractivity contribution in [2.45, 2.75) is 37.9 Å². The van der Waals surface area contributed by atoms with Crippen molar-refractivity contribution in [3.05, 3.63) is 33.3 Å². The second kappa shape index (κ2) is 5.54. The number of aliphatic hydroxyl groups excluding tert-OH is 1. The molecule has 0 heterocycles. The van der Waals surface area contributed by atoms with Gasteiger partial charge in [-0.1, -0.05) is 24.1 Å². The van der Waals surface area contributed by atoms with Gasteiger partial charge in [-0.3, -0.25) is 10.1 Å². The van der Waals surface area contributed by atoms with Crippen LogP contribution in [0, 0.1) is 10.1 Å². The van der Waals surface area contributed by atoms with Crippen LogP contribution < -0.4 is 4.74 Å². The molecular weight excluding hydrogens is 258 g/mol. The minimum Gasteiger partial charge on any atom is -0.480 e. The zero-order valence-electron chi connectivity index (χ0n) is 9.71. The Bertz CT molecular complexity index is 452. The summed E-state index contributed by atoms with van der Waals surface area (Å²) < 4.78 is 5.57. The summed E-state index contributed by atoms with van der Waals surface area (Å²) in [7, 11) is 0. The standard InChI is InChI=1S/C12H14ClNO4/c13-8-4-3-5-9(14(16)17)12(8)18-11-7-2-1-6-10(11)15/h3-5,10-11,15H,1-2,6-7H2/t10-,11-/m1/s1. The van der Waals surface area contributed by atoms with Crippen LogP contribution in [0.1, 0.15) is 25.7 Å². The van der Waals surface area contributed by atoms with Crippen LogP contribution in [0.5, 0.6) is 5.75 Å². The molecule has 0 bridgehead atoms.